The van der Waals surface area contributed by atoms with E-state index in [1.807, 2.05) is 12.1 Å². The quantitative estimate of drug-likeness (QED) is 0.813. The monoisotopic (exact) mass is 234 g/mol. The zero-order valence-corrected chi connectivity index (χ0v) is 9.87. The van der Waals surface area contributed by atoms with Crippen LogP contribution in [0.3, 0.4) is 0 Å². The van der Waals surface area contributed by atoms with E-state index in [0.717, 1.165) is 24.4 Å². The zero-order chi connectivity index (χ0) is 11.4. The van der Waals surface area contributed by atoms with Gasteiger partial charge in [-0.2, -0.15) is 5.26 Å². The molecule has 0 aromatic heterocycles. The number of nitrogens with zero attached hydrogens (tertiary/aromatic N) is 1. The van der Waals surface area contributed by atoms with Crippen LogP contribution in [0.1, 0.15) is 30.7 Å². The van der Waals surface area contributed by atoms with Crippen molar-refractivity contribution in [3.8, 4) is 6.07 Å². The summed E-state index contributed by atoms with van der Waals surface area (Å²) < 4.78 is 0. The molecule has 2 nitrogen and oxygen atoms in total. The number of nitriles is 1. The van der Waals surface area contributed by atoms with Gasteiger partial charge in [-0.25, -0.2) is 0 Å². The topological polar surface area (TPSA) is 35.8 Å². The Morgan fingerprint density at radius 1 is 1.44 bits per heavy atom. The molecule has 2 rings (SSSR count). The maximum Gasteiger partial charge on any atom is 0.0635 e. The van der Waals surface area contributed by atoms with Gasteiger partial charge >= 0.3 is 0 Å². The van der Waals surface area contributed by atoms with E-state index in [2.05, 4.69) is 23.5 Å². The van der Waals surface area contributed by atoms with Crippen LogP contribution in [0, 0.1) is 11.3 Å². The number of nitrogens with one attached hydrogen (secondary N) is 1. The highest BCUT2D eigenvalue weighted by atomic mass is 35.5. The number of hydrogen-bond acceptors (Lipinski definition) is 2. The minimum Gasteiger partial charge on any atom is -0.313 e. The van der Waals surface area contributed by atoms with Crippen LogP contribution in [0.5, 0.6) is 0 Å². The second-order valence-electron chi connectivity index (χ2n) is 4.28. The second kappa shape index (κ2) is 5.34. The van der Waals surface area contributed by atoms with E-state index >= 15 is 0 Å². The fourth-order valence-electron chi connectivity index (χ4n) is 2.15. The van der Waals surface area contributed by atoms with Crippen LogP contribution >= 0.6 is 11.6 Å². The molecule has 1 saturated carbocycles. The van der Waals surface area contributed by atoms with E-state index in [1.54, 1.807) is 0 Å². The van der Waals surface area contributed by atoms with Gasteiger partial charge in [-0.1, -0.05) is 23.7 Å². The molecule has 3 heteroatoms. The molecule has 0 amide bonds. The molecule has 0 spiro atoms. The molecule has 1 aliphatic rings. The maximum absolute atomic E-state index is 8.43. The van der Waals surface area contributed by atoms with E-state index in [-0.39, 0.29) is 0 Å². The first-order valence-electron chi connectivity index (χ1n) is 5.65. The van der Waals surface area contributed by atoms with Crippen LogP contribution in [-0.2, 0) is 0 Å². The van der Waals surface area contributed by atoms with E-state index in [4.69, 9.17) is 16.9 Å². The van der Waals surface area contributed by atoms with Crippen molar-refractivity contribution in [2.24, 2.45) is 0 Å². The highest BCUT2D eigenvalue weighted by Gasteiger charge is 2.29. The fourth-order valence-corrected chi connectivity index (χ4v) is 2.35. The van der Waals surface area contributed by atoms with Gasteiger partial charge in [0.1, 0.15) is 0 Å². The van der Waals surface area contributed by atoms with Crippen molar-refractivity contribution in [3.63, 3.8) is 0 Å². The Morgan fingerprint density at radius 2 is 2.25 bits per heavy atom. The van der Waals surface area contributed by atoms with E-state index in [1.165, 1.54) is 5.56 Å². The van der Waals surface area contributed by atoms with Crippen molar-refractivity contribution in [1.29, 1.82) is 5.26 Å². The molecule has 1 aromatic carbocycles. The standard InChI is InChI=1S/C13H15ClN2/c14-12-4-1-3-10(7-12)11-8-13(9-11)16-6-2-5-15/h1,3-4,7,11,13,16H,2,6,8-9H2. The maximum atomic E-state index is 8.43. The Bertz CT molecular complexity index is 391. The van der Waals surface area contributed by atoms with Gasteiger partial charge in [0, 0.05) is 24.0 Å². The Morgan fingerprint density at radius 3 is 2.94 bits per heavy atom. The molecular weight excluding hydrogens is 220 g/mol. The van der Waals surface area contributed by atoms with E-state index < -0.39 is 0 Å². The van der Waals surface area contributed by atoms with E-state index in [0.29, 0.717) is 18.4 Å². The van der Waals surface area contributed by atoms with Crippen molar-refractivity contribution < 1.29 is 0 Å². The predicted molar refractivity (Wildman–Crippen MR) is 65.4 cm³/mol. The van der Waals surface area contributed by atoms with Gasteiger partial charge in [-0.05, 0) is 36.5 Å². The van der Waals surface area contributed by atoms with Crippen LogP contribution in [-0.4, -0.2) is 12.6 Å². The lowest BCUT2D eigenvalue weighted by Gasteiger charge is -2.36. The molecule has 0 heterocycles. The third-order valence-electron chi connectivity index (χ3n) is 3.13. The third kappa shape index (κ3) is 2.75. The Balaban J connectivity index is 1.78. The highest BCUT2D eigenvalue weighted by Crippen LogP contribution is 2.37. The Labute approximate surface area is 101 Å². The van der Waals surface area contributed by atoms with Crippen molar-refractivity contribution in [3.05, 3.63) is 34.9 Å². The summed E-state index contributed by atoms with van der Waals surface area (Å²) >= 11 is 5.96. The van der Waals surface area contributed by atoms with Gasteiger partial charge in [-0.3, -0.25) is 0 Å². The number of hydrogen-bond donors (Lipinski definition) is 1. The lowest BCUT2D eigenvalue weighted by atomic mass is 9.76. The van der Waals surface area contributed by atoms with Gasteiger partial charge in [-0.15, -0.1) is 0 Å². The largest absolute Gasteiger partial charge is 0.313 e. The molecule has 1 N–H and O–H groups in total. The summed E-state index contributed by atoms with van der Waals surface area (Å²) in [6.45, 7) is 0.809. The van der Waals surface area contributed by atoms with Gasteiger partial charge in [0.2, 0.25) is 0 Å². The van der Waals surface area contributed by atoms with Crippen molar-refractivity contribution in [2.45, 2.75) is 31.2 Å². The fraction of sp³-hybridized carbons (Fsp3) is 0.462. The van der Waals surface area contributed by atoms with Crippen molar-refractivity contribution in [1.82, 2.24) is 5.32 Å². The molecule has 0 radical (unpaired) electrons. The summed E-state index contributed by atoms with van der Waals surface area (Å²) in [6, 6.07) is 10.8. The van der Waals surface area contributed by atoms with Gasteiger partial charge in [0.15, 0.2) is 0 Å². The van der Waals surface area contributed by atoms with Crippen LogP contribution in [0.25, 0.3) is 0 Å². The molecule has 0 aliphatic heterocycles. The first-order valence-corrected chi connectivity index (χ1v) is 6.03. The second-order valence-corrected chi connectivity index (χ2v) is 4.72. The molecule has 1 aliphatic carbocycles. The minimum atomic E-state index is 0.581. The Kier molecular flexibility index (Phi) is 3.82. The average Bonchev–Trinajstić information content (AvgIpc) is 2.21. The normalized spacial score (nSPS) is 23.5. The molecule has 16 heavy (non-hydrogen) atoms. The van der Waals surface area contributed by atoms with Crippen LogP contribution in [0.2, 0.25) is 5.02 Å². The van der Waals surface area contributed by atoms with Crippen molar-refractivity contribution in [2.75, 3.05) is 6.54 Å². The molecule has 0 bridgehead atoms. The van der Waals surface area contributed by atoms with Crippen molar-refractivity contribution >= 4 is 11.6 Å². The summed E-state index contributed by atoms with van der Waals surface area (Å²) in [5.41, 5.74) is 1.34. The summed E-state index contributed by atoms with van der Waals surface area (Å²) in [5.74, 6) is 0.637. The predicted octanol–water partition coefficient (Wildman–Crippen LogP) is 3.09. The number of benzene rings is 1. The lowest BCUT2D eigenvalue weighted by molar-refractivity contribution is 0.293. The average molecular weight is 235 g/mol. The Hall–Kier alpha value is -1.04. The third-order valence-corrected chi connectivity index (χ3v) is 3.36. The van der Waals surface area contributed by atoms with Crippen LogP contribution in [0.4, 0.5) is 0 Å². The highest BCUT2D eigenvalue weighted by molar-refractivity contribution is 6.30. The molecule has 84 valence electrons. The van der Waals surface area contributed by atoms with Gasteiger partial charge in [0.25, 0.3) is 0 Å². The van der Waals surface area contributed by atoms with Gasteiger partial charge < -0.3 is 5.32 Å². The van der Waals surface area contributed by atoms with Crippen LogP contribution < -0.4 is 5.32 Å². The molecule has 0 saturated heterocycles. The molecule has 0 atom stereocenters. The SMILES string of the molecule is N#CCCNC1CC(c2cccc(Cl)c2)C1. The zero-order valence-electron chi connectivity index (χ0n) is 9.12. The van der Waals surface area contributed by atoms with Gasteiger partial charge in [0.05, 0.1) is 6.07 Å². The molecule has 1 aromatic rings. The minimum absolute atomic E-state index is 0.581. The molecule has 1 fully saturated rings. The molecular formula is C13H15ClN2. The first kappa shape index (κ1) is 11.4. The molecule has 0 unspecified atom stereocenters. The first-order chi connectivity index (χ1) is 7.79. The summed E-state index contributed by atoms with van der Waals surface area (Å²) in [4.78, 5) is 0. The summed E-state index contributed by atoms with van der Waals surface area (Å²) in [7, 11) is 0. The number of rotatable bonds is 4. The number of halogens is 1. The van der Waals surface area contributed by atoms with Crippen LogP contribution in [0.15, 0.2) is 24.3 Å². The lowest BCUT2D eigenvalue weighted by Crippen LogP contribution is -2.40. The van der Waals surface area contributed by atoms with E-state index in [9.17, 15) is 0 Å². The smallest absolute Gasteiger partial charge is 0.0635 e. The summed E-state index contributed by atoms with van der Waals surface area (Å²) in [6.07, 6.45) is 2.91. The summed E-state index contributed by atoms with van der Waals surface area (Å²) in [5, 5.41) is 12.6.